The molecule has 1 rings (SSSR count). The van der Waals surface area contributed by atoms with Crippen molar-refractivity contribution in [2.45, 2.75) is 45.4 Å². The van der Waals surface area contributed by atoms with Gasteiger partial charge in [0.2, 0.25) is 5.24 Å². The highest BCUT2D eigenvalue weighted by atomic mass is 35.5. The first-order valence-electron chi connectivity index (χ1n) is 3.95. The molecule has 0 aromatic rings. The number of hydrogen-bond donors (Lipinski definition) is 0. The van der Waals surface area contributed by atoms with Crippen LogP contribution in [0, 0.1) is 0 Å². The zero-order valence-electron chi connectivity index (χ0n) is 6.53. The van der Waals surface area contributed by atoms with E-state index in [1.54, 1.807) is 6.92 Å². The molecular formula is C8H15ClO. The molecule has 1 fully saturated rings. The van der Waals surface area contributed by atoms with Gasteiger partial charge in [-0.3, -0.25) is 4.79 Å². The monoisotopic (exact) mass is 162 g/mol. The van der Waals surface area contributed by atoms with Crippen molar-refractivity contribution < 1.29 is 4.79 Å². The summed E-state index contributed by atoms with van der Waals surface area (Å²) in [5, 5.41) is -0.273. The van der Waals surface area contributed by atoms with Gasteiger partial charge < -0.3 is 0 Å². The molecule has 2 heteroatoms. The third-order valence-corrected chi connectivity index (χ3v) is 1.80. The molecule has 0 amide bonds. The van der Waals surface area contributed by atoms with Crippen molar-refractivity contribution in [3.05, 3.63) is 0 Å². The summed E-state index contributed by atoms with van der Waals surface area (Å²) in [5.74, 6) is 0. The zero-order chi connectivity index (χ0) is 7.82. The molecule has 0 bridgehead atoms. The second kappa shape index (κ2) is 7.07. The minimum absolute atomic E-state index is 0.273. The van der Waals surface area contributed by atoms with Gasteiger partial charge in [-0.15, -0.1) is 0 Å². The molecule has 0 radical (unpaired) electrons. The van der Waals surface area contributed by atoms with E-state index in [2.05, 4.69) is 0 Å². The van der Waals surface area contributed by atoms with E-state index in [0.717, 1.165) is 0 Å². The van der Waals surface area contributed by atoms with Gasteiger partial charge in [-0.05, 0) is 11.6 Å². The minimum Gasteiger partial charge on any atom is -0.281 e. The van der Waals surface area contributed by atoms with Gasteiger partial charge in [0, 0.05) is 6.42 Å². The molecule has 0 spiro atoms. The second-order valence-electron chi connectivity index (χ2n) is 2.48. The maximum absolute atomic E-state index is 9.58. The van der Waals surface area contributed by atoms with Gasteiger partial charge in [-0.2, -0.15) is 0 Å². The van der Waals surface area contributed by atoms with E-state index in [0.29, 0.717) is 6.42 Å². The fraction of sp³-hybridized carbons (Fsp3) is 0.875. The van der Waals surface area contributed by atoms with Gasteiger partial charge in [0.1, 0.15) is 0 Å². The highest BCUT2D eigenvalue weighted by molar-refractivity contribution is 6.63. The van der Waals surface area contributed by atoms with E-state index in [4.69, 9.17) is 11.6 Å². The van der Waals surface area contributed by atoms with Gasteiger partial charge in [0.25, 0.3) is 0 Å². The zero-order valence-corrected chi connectivity index (χ0v) is 7.28. The average molecular weight is 163 g/mol. The summed E-state index contributed by atoms with van der Waals surface area (Å²) in [6.45, 7) is 1.72. The van der Waals surface area contributed by atoms with Crippen LogP contribution in [-0.2, 0) is 4.79 Å². The van der Waals surface area contributed by atoms with E-state index in [1.807, 2.05) is 0 Å². The maximum atomic E-state index is 9.58. The first-order valence-corrected chi connectivity index (χ1v) is 4.33. The van der Waals surface area contributed by atoms with Crippen LogP contribution in [0.1, 0.15) is 45.4 Å². The van der Waals surface area contributed by atoms with Crippen LogP contribution < -0.4 is 0 Å². The lowest BCUT2D eigenvalue weighted by Gasteiger charge is -1.68. The van der Waals surface area contributed by atoms with Crippen LogP contribution in [-0.4, -0.2) is 5.24 Å². The summed E-state index contributed by atoms with van der Waals surface area (Å²) in [7, 11) is 0. The van der Waals surface area contributed by atoms with Crippen LogP contribution in [0.4, 0.5) is 0 Å². The molecule has 10 heavy (non-hydrogen) atoms. The largest absolute Gasteiger partial charge is 0.281 e. The van der Waals surface area contributed by atoms with Crippen LogP contribution >= 0.6 is 11.6 Å². The van der Waals surface area contributed by atoms with E-state index in [1.165, 1.54) is 32.1 Å². The lowest BCUT2D eigenvalue weighted by atomic mass is 10.4. The molecule has 0 saturated heterocycles. The molecule has 0 atom stereocenters. The van der Waals surface area contributed by atoms with E-state index < -0.39 is 0 Å². The van der Waals surface area contributed by atoms with Crippen LogP contribution in [0.5, 0.6) is 0 Å². The van der Waals surface area contributed by atoms with Gasteiger partial charge in [0.15, 0.2) is 0 Å². The lowest BCUT2D eigenvalue weighted by molar-refractivity contribution is -0.111. The molecule has 0 aromatic heterocycles. The molecule has 1 saturated carbocycles. The van der Waals surface area contributed by atoms with Crippen molar-refractivity contribution in [1.29, 1.82) is 0 Å². The SMILES string of the molecule is C1CCCC1.CCC(=O)Cl. The third kappa shape index (κ3) is 7.96. The average Bonchev–Trinajstić information content (AvgIpc) is 2.43. The van der Waals surface area contributed by atoms with Crippen LogP contribution in [0.3, 0.4) is 0 Å². The van der Waals surface area contributed by atoms with Crippen molar-refractivity contribution >= 4 is 16.8 Å². The summed E-state index contributed by atoms with van der Waals surface area (Å²) < 4.78 is 0. The normalized spacial score (nSPS) is 15.8. The summed E-state index contributed by atoms with van der Waals surface area (Å²) in [5.41, 5.74) is 0. The van der Waals surface area contributed by atoms with Crippen LogP contribution in [0.15, 0.2) is 0 Å². The van der Waals surface area contributed by atoms with E-state index in [9.17, 15) is 4.79 Å². The molecule has 0 unspecified atom stereocenters. The molecule has 0 aliphatic heterocycles. The highest BCUT2D eigenvalue weighted by Crippen LogP contribution is 2.15. The van der Waals surface area contributed by atoms with Crippen LogP contribution in [0.25, 0.3) is 0 Å². The summed E-state index contributed by atoms with van der Waals surface area (Å²) in [6.07, 6.45) is 7.93. The first kappa shape index (κ1) is 9.96. The summed E-state index contributed by atoms with van der Waals surface area (Å²) >= 11 is 4.82. The Balaban J connectivity index is 0.000000162. The number of halogens is 1. The fourth-order valence-electron chi connectivity index (χ4n) is 0.884. The molecular weight excluding hydrogens is 148 g/mol. The fourth-order valence-corrected chi connectivity index (χ4v) is 0.884. The van der Waals surface area contributed by atoms with Crippen molar-refractivity contribution in [3.63, 3.8) is 0 Å². The smallest absolute Gasteiger partial charge is 0.221 e. The predicted molar refractivity (Wildman–Crippen MR) is 44.2 cm³/mol. The Morgan fingerprint density at radius 3 is 1.50 bits per heavy atom. The minimum atomic E-state index is -0.273. The van der Waals surface area contributed by atoms with Crippen LogP contribution in [0.2, 0.25) is 0 Å². The van der Waals surface area contributed by atoms with Crippen molar-refractivity contribution in [2.75, 3.05) is 0 Å². The van der Waals surface area contributed by atoms with E-state index in [-0.39, 0.29) is 5.24 Å². The number of carbonyl (C=O) groups excluding carboxylic acids is 1. The second-order valence-corrected chi connectivity index (χ2v) is 2.90. The number of rotatable bonds is 1. The Labute approximate surface area is 67.8 Å². The molecule has 0 N–H and O–H groups in total. The topological polar surface area (TPSA) is 17.1 Å². The quantitative estimate of drug-likeness (QED) is 0.542. The molecule has 1 aliphatic carbocycles. The van der Waals surface area contributed by atoms with E-state index >= 15 is 0 Å². The standard InChI is InChI=1S/C5H10.C3H5ClO/c1-2-4-5-3-1;1-2-3(4)5/h1-5H2;2H2,1H3. The Morgan fingerprint density at radius 1 is 1.20 bits per heavy atom. The number of hydrogen-bond acceptors (Lipinski definition) is 1. The third-order valence-electron chi connectivity index (χ3n) is 1.53. The molecule has 1 aliphatic rings. The highest BCUT2D eigenvalue weighted by Gasteiger charge is 1.95. The maximum Gasteiger partial charge on any atom is 0.221 e. The number of carbonyl (C=O) groups is 1. The Kier molecular flexibility index (Phi) is 7.04. The molecule has 1 nitrogen and oxygen atoms in total. The predicted octanol–water partition coefficient (Wildman–Crippen LogP) is 3.11. The first-order chi connectivity index (χ1) is 4.77. The van der Waals surface area contributed by atoms with Gasteiger partial charge in [0.05, 0.1) is 0 Å². The molecule has 0 heterocycles. The van der Waals surface area contributed by atoms with Crippen molar-refractivity contribution in [1.82, 2.24) is 0 Å². The Hall–Kier alpha value is -0.0400. The molecule has 60 valence electrons. The Morgan fingerprint density at radius 2 is 1.40 bits per heavy atom. The Bertz CT molecular complexity index is 79.6. The van der Waals surface area contributed by atoms with Gasteiger partial charge in [-0.1, -0.05) is 39.0 Å². The van der Waals surface area contributed by atoms with Crippen molar-refractivity contribution in [3.8, 4) is 0 Å². The lowest BCUT2D eigenvalue weighted by Crippen LogP contribution is -1.74. The van der Waals surface area contributed by atoms with Gasteiger partial charge in [-0.25, -0.2) is 0 Å². The van der Waals surface area contributed by atoms with Gasteiger partial charge >= 0.3 is 0 Å². The molecule has 0 aromatic carbocycles. The summed E-state index contributed by atoms with van der Waals surface area (Å²) in [4.78, 5) is 9.58. The van der Waals surface area contributed by atoms with Crippen molar-refractivity contribution in [2.24, 2.45) is 0 Å². The summed E-state index contributed by atoms with van der Waals surface area (Å²) in [6, 6.07) is 0.